The van der Waals surface area contributed by atoms with Crippen LogP contribution in [-0.4, -0.2) is 17.0 Å². The number of rotatable bonds is 3. The second-order valence-corrected chi connectivity index (χ2v) is 6.46. The van der Waals surface area contributed by atoms with E-state index in [9.17, 15) is 0 Å². The van der Waals surface area contributed by atoms with Crippen LogP contribution in [0.2, 0.25) is 0 Å². The van der Waals surface area contributed by atoms with Crippen LogP contribution >= 0.6 is 22.6 Å². The van der Waals surface area contributed by atoms with Gasteiger partial charge in [0.2, 0.25) is 0 Å². The highest BCUT2D eigenvalue weighted by molar-refractivity contribution is 14.1. The molecule has 3 nitrogen and oxygen atoms in total. The third-order valence-corrected chi connectivity index (χ3v) is 4.98. The van der Waals surface area contributed by atoms with Crippen LogP contribution in [-0.2, 0) is 5.41 Å². The molecule has 0 amide bonds. The molecule has 1 heterocycles. The smallest absolute Gasteiger partial charge is 0.142 e. The minimum absolute atomic E-state index is 0.00278. The van der Waals surface area contributed by atoms with Crippen molar-refractivity contribution in [3.8, 4) is 0 Å². The summed E-state index contributed by atoms with van der Waals surface area (Å²) in [7, 11) is 1.91. The Morgan fingerprint density at radius 3 is 2.50 bits per heavy atom. The van der Waals surface area contributed by atoms with E-state index >= 15 is 0 Å². The molecule has 0 atom stereocenters. The topological polar surface area (TPSA) is 37.8 Å². The van der Waals surface area contributed by atoms with Gasteiger partial charge in [0.25, 0.3) is 0 Å². The first-order valence-corrected chi connectivity index (χ1v) is 8.10. The maximum atomic E-state index is 4.79. The van der Waals surface area contributed by atoms with Crippen LogP contribution in [0.5, 0.6) is 0 Å². The Morgan fingerprint density at radius 2 is 1.85 bits per heavy atom. The predicted octanol–water partition coefficient (Wildman–Crippen LogP) is 3.98. The minimum Gasteiger partial charge on any atom is -0.372 e. The first kappa shape index (κ1) is 13.8. The summed E-state index contributed by atoms with van der Waals surface area (Å²) in [5, 5.41) is 3.17. The maximum absolute atomic E-state index is 4.79. The summed E-state index contributed by atoms with van der Waals surface area (Å²) in [4.78, 5) is 9.45. The van der Waals surface area contributed by atoms with Crippen molar-refractivity contribution in [2.75, 3.05) is 12.4 Å². The lowest BCUT2D eigenvalue weighted by Crippen LogP contribution is -2.27. The lowest BCUT2D eigenvalue weighted by Gasteiger charge is -2.28. The van der Waals surface area contributed by atoms with Crippen molar-refractivity contribution >= 4 is 28.4 Å². The van der Waals surface area contributed by atoms with E-state index in [4.69, 9.17) is 4.98 Å². The van der Waals surface area contributed by atoms with Gasteiger partial charge in [0.1, 0.15) is 11.6 Å². The standard InChI is InChI=1S/C16H18IN3/c1-18-14-13(17)11-19-15(20-14)16(9-5-6-10-16)12-7-3-2-4-8-12/h2-4,7-8,11H,5-6,9-10H2,1H3,(H,18,19,20). The molecule has 0 saturated heterocycles. The highest BCUT2D eigenvalue weighted by Gasteiger charge is 2.40. The molecule has 1 aliphatic carbocycles. The molecule has 20 heavy (non-hydrogen) atoms. The van der Waals surface area contributed by atoms with E-state index in [0.29, 0.717) is 0 Å². The zero-order chi connectivity index (χ0) is 14.0. The van der Waals surface area contributed by atoms with Gasteiger partial charge in [0.05, 0.1) is 8.99 Å². The van der Waals surface area contributed by atoms with Gasteiger partial charge in [-0.2, -0.15) is 0 Å². The average molecular weight is 379 g/mol. The van der Waals surface area contributed by atoms with Gasteiger partial charge >= 0.3 is 0 Å². The number of anilines is 1. The minimum atomic E-state index is -0.00278. The molecule has 0 aliphatic heterocycles. The molecule has 104 valence electrons. The fourth-order valence-corrected chi connectivity index (χ4v) is 3.68. The van der Waals surface area contributed by atoms with Gasteiger partial charge in [-0.05, 0) is 41.0 Å². The van der Waals surface area contributed by atoms with Crippen molar-refractivity contribution in [2.45, 2.75) is 31.1 Å². The van der Waals surface area contributed by atoms with Crippen LogP contribution in [0.25, 0.3) is 0 Å². The highest BCUT2D eigenvalue weighted by Crippen LogP contribution is 2.45. The van der Waals surface area contributed by atoms with Crippen LogP contribution in [0.15, 0.2) is 36.5 Å². The first-order valence-electron chi connectivity index (χ1n) is 7.02. The summed E-state index contributed by atoms with van der Waals surface area (Å²) in [5.74, 6) is 1.89. The predicted molar refractivity (Wildman–Crippen MR) is 90.0 cm³/mol. The molecular weight excluding hydrogens is 361 g/mol. The van der Waals surface area contributed by atoms with E-state index in [1.165, 1.54) is 18.4 Å². The summed E-state index contributed by atoms with van der Waals surface area (Å²) < 4.78 is 1.06. The van der Waals surface area contributed by atoms with Crippen molar-refractivity contribution in [3.05, 3.63) is 51.5 Å². The molecule has 3 rings (SSSR count). The fraction of sp³-hybridized carbons (Fsp3) is 0.375. The Hall–Kier alpha value is -1.17. The van der Waals surface area contributed by atoms with E-state index in [2.05, 4.69) is 63.2 Å². The first-order chi connectivity index (χ1) is 9.76. The molecule has 0 radical (unpaired) electrons. The third-order valence-electron chi connectivity index (χ3n) is 4.19. The number of hydrogen-bond acceptors (Lipinski definition) is 3. The van der Waals surface area contributed by atoms with Crippen LogP contribution in [0.4, 0.5) is 5.82 Å². The SMILES string of the molecule is CNc1nc(C2(c3ccccc3)CCCC2)ncc1I. The van der Waals surface area contributed by atoms with E-state index in [1.807, 2.05) is 13.2 Å². The maximum Gasteiger partial charge on any atom is 0.142 e. The number of hydrogen-bond donors (Lipinski definition) is 1. The molecule has 4 heteroatoms. The number of benzene rings is 1. The monoisotopic (exact) mass is 379 g/mol. The van der Waals surface area contributed by atoms with Crippen LogP contribution < -0.4 is 5.32 Å². The van der Waals surface area contributed by atoms with Crippen molar-refractivity contribution < 1.29 is 0 Å². The van der Waals surface area contributed by atoms with E-state index in [0.717, 1.165) is 28.1 Å². The van der Waals surface area contributed by atoms with Gasteiger partial charge in [-0.1, -0.05) is 43.2 Å². The van der Waals surface area contributed by atoms with Gasteiger partial charge in [0.15, 0.2) is 0 Å². The molecule has 0 bridgehead atoms. The molecule has 0 unspecified atom stereocenters. The molecule has 1 aliphatic rings. The zero-order valence-corrected chi connectivity index (χ0v) is 13.7. The number of aromatic nitrogens is 2. The summed E-state index contributed by atoms with van der Waals surface area (Å²) in [6.45, 7) is 0. The van der Waals surface area contributed by atoms with Gasteiger partial charge in [-0.3, -0.25) is 0 Å². The summed E-state index contributed by atoms with van der Waals surface area (Å²) in [6.07, 6.45) is 6.71. The molecule has 1 saturated carbocycles. The fourth-order valence-electron chi connectivity index (χ4n) is 3.15. The molecule has 0 spiro atoms. The van der Waals surface area contributed by atoms with Gasteiger partial charge in [-0.15, -0.1) is 0 Å². The van der Waals surface area contributed by atoms with Crippen LogP contribution in [0.1, 0.15) is 37.1 Å². The summed E-state index contributed by atoms with van der Waals surface area (Å²) in [5.41, 5.74) is 1.35. The number of nitrogens with zero attached hydrogens (tertiary/aromatic N) is 2. The van der Waals surface area contributed by atoms with E-state index in [-0.39, 0.29) is 5.41 Å². The Bertz CT molecular complexity index is 592. The van der Waals surface area contributed by atoms with Crippen molar-refractivity contribution in [1.29, 1.82) is 0 Å². The molecule has 2 aromatic rings. The number of halogens is 1. The van der Waals surface area contributed by atoms with Crippen molar-refractivity contribution in [2.24, 2.45) is 0 Å². The molecule has 1 aromatic carbocycles. The van der Waals surface area contributed by atoms with Crippen molar-refractivity contribution in [1.82, 2.24) is 9.97 Å². The molecule has 1 fully saturated rings. The quantitative estimate of drug-likeness (QED) is 0.820. The second-order valence-electron chi connectivity index (χ2n) is 5.30. The van der Waals surface area contributed by atoms with Gasteiger partial charge < -0.3 is 5.32 Å². The average Bonchev–Trinajstić information content (AvgIpc) is 2.99. The van der Waals surface area contributed by atoms with Crippen LogP contribution in [0.3, 0.4) is 0 Å². The highest BCUT2D eigenvalue weighted by atomic mass is 127. The zero-order valence-electron chi connectivity index (χ0n) is 11.6. The Kier molecular flexibility index (Phi) is 3.92. The number of nitrogens with one attached hydrogen (secondary N) is 1. The third kappa shape index (κ3) is 2.30. The Labute approximate surface area is 133 Å². The van der Waals surface area contributed by atoms with Crippen LogP contribution in [0, 0.1) is 3.57 Å². The summed E-state index contributed by atoms with van der Waals surface area (Å²) in [6, 6.07) is 10.7. The van der Waals surface area contributed by atoms with Gasteiger partial charge in [0, 0.05) is 13.2 Å². The Morgan fingerprint density at radius 1 is 1.15 bits per heavy atom. The lowest BCUT2D eigenvalue weighted by atomic mass is 9.78. The van der Waals surface area contributed by atoms with Crippen molar-refractivity contribution in [3.63, 3.8) is 0 Å². The molecule has 1 aromatic heterocycles. The lowest BCUT2D eigenvalue weighted by molar-refractivity contribution is 0.499. The van der Waals surface area contributed by atoms with E-state index < -0.39 is 0 Å². The second kappa shape index (κ2) is 5.68. The normalized spacial score (nSPS) is 17.1. The molecular formula is C16H18IN3. The molecule has 1 N–H and O–H groups in total. The van der Waals surface area contributed by atoms with Gasteiger partial charge in [-0.25, -0.2) is 9.97 Å². The summed E-state index contributed by atoms with van der Waals surface area (Å²) >= 11 is 2.27. The largest absolute Gasteiger partial charge is 0.372 e. The van der Waals surface area contributed by atoms with E-state index in [1.54, 1.807) is 0 Å². The Balaban J connectivity index is 2.12.